The van der Waals surface area contributed by atoms with Gasteiger partial charge in [0.25, 0.3) is 5.91 Å². The largest absolute Gasteiger partial charge is 0.492 e. The minimum atomic E-state index is -0.697. The Bertz CT molecular complexity index is 670. The van der Waals surface area contributed by atoms with Gasteiger partial charge in [0.15, 0.2) is 6.10 Å². The number of aryl methyl sites for hydroxylation is 1. The Kier molecular flexibility index (Phi) is 5.57. The fourth-order valence-corrected chi connectivity index (χ4v) is 1.98. The Morgan fingerprint density at radius 1 is 1.22 bits per heavy atom. The Hall–Kier alpha value is -2.56. The second-order valence-electron chi connectivity index (χ2n) is 5.14. The number of benzene rings is 2. The summed E-state index contributed by atoms with van der Waals surface area (Å²) < 4.78 is 24.2. The second-order valence-corrected chi connectivity index (χ2v) is 5.14. The van der Waals surface area contributed by atoms with Crippen molar-refractivity contribution in [2.75, 3.05) is 11.9 Å². The van der Waals surface area contributed by atoms with E-state index in [0.717, 1.165) is 5.56 Å². The molecule has 0 saturated heterocycles. The van der Waals surface area contributed by atoms with Gasteiger partial charge in [-0.25, -0.2) is 4.39 Å². The van der Waals surface area contributed by atoms with Gasteiger partial charge < -0.3 is 14.8 Å². The molecular formula is C18H20FNO3. The van der Waals surface area contributed by atoms with E-state index in [1.54, 1.807) is 13.8 Å². The predicted octanol–water partition coefficient (Wildman–Crippen LogP) is 3.94. The van der Waals surface area contributed by atoms with Crippen LogP contribution < -0.4 is 14.8 Å². The molecule has 4 nitrogen and oxygen atoms in total. The Labute approximate surface area is 135 Å². The van der Waals surface area contributed by atoms with Gasteiger partial charge in [-0.3, -0.25) is 4.79 Å². The van der Waals surface area contributed by atoms with Crippen LogP contribution in [0.5, 0.6) is 11.5 Å². The summed E-state index contributed by atoms with van der Waals surface area (Å²) in [6.07, 6.45) is -0.697. The van der Waals surface area contributed by atoms with Crippen molar-refractivity contribution < 1.29 is 18.7 Å². The maximum absolute atomic E-state index is 13.3. The van der Waals surface area contributed by atoms with Crippen LogP contribution in [0.25, 0.3) is 0 Å². The van der Waals surface area contributed by atoms with Gasteiger partial charge in [-0.15, -0.1) is 0 Å². The van der Waals surface area contributed by atoms with E-state index in [9.17, 15) is 9.18 Å². The highest BCUT2D eigenvalue weighted by Crippen LogP contribution is 2.26. The summed E-state index contributed by atoms with van der Waals surface area (Å²) in [7, 11) is 0. The molecule has 0 aliphatic heterocycles. The monoisotopic (exact) mass is 317 g/mol. The first-order chi connectivity index (χ1) is 11.0. The zero-order valence-corrected chi connectivity index (χ0v) is 13.4. The number of halogens is 1. The molecule has 2 aromatic rings. The third-order valence-electron chi connectivity index (χ3n) is 3.20. The van der Waals surface area contributed by atoms with E-state index in [2.05, 4.69) is 5.32 Å². The number of ether oxygens (including phenoxy) is 2. The summed E-state index contributed by atoms with van der Waals surface area (Å²) in [5, 5.41) is 2.70. The smallest absolute Gasteiger partial charge is 0.265 e. The number of rotatable bonds is 6. The molecular weight excluding hydrogens is 297 g/mol. The van der Waals surface area contributed by atoms with Crippen LogP contribution in [0.1, 0.15) is 19.4 Å². The van der Waals surface area contributed by atoms with Crippen LogP contribution in [-0.2, 0) is 4.79 Å². The second kappa shape index (κ2) is 7.63. The van der Waals surface area contributed by atoms with Crippen molar-refractivity contribution in [2.24, 2.45) is 0 Å². The highest BCUT2D eigenvalue weighted by molar-refractivity contribution is 5.95. The minimum absolute atomic E-state index is 0.295. The van der Waals surface area contributed by atoms with Crippen LogP contribution in [0.4, 0.5) is 10.1 Å². The lowest BCUT2D eigenvalue weighted by molar-refractivity contribution is -0.122. The average molecular weight is 317 g/mol. The van der Waals surface area contributed by atoms with E-state index in [0.29, 0.717) is 23.8 Å². The topological polar surface area (TPSA) is 47.6 Å². The Morgan fingerprint density at radius 3 is 2.57 bits per heavy atom. The summed E-state index contributed by atoms with van der Waals surface area (Å²) in [5.41, 5.74) is 1.53. The lowest BCUT2D eigenvalue weighted by Gasteiger charge is -2.16. The molecule has 0 fully saturated rings. The fraction of sp³-hybridized carbons (Fsp3) is 0.278. The van der Waals surface area contributed by atoms with Gasteiger partial charge in [-0.2, -0.15) is 0 Å². The molecule has 0 heterocycles. The minimum Gasteiger partial charge on any atom is -0.492 e. The molecule has 1 amide bonds. The molecule has 1 N–H and O–H groups in total. The highest BCUT2D eigenvalue weighted by Gasteiger charge is 2.17. The first-order valence-electron chi connectivity index (χ1n) is 7.46. The average Bonchev–Trinajstić information content (AvgIpc) is 2.52. The number of hydrogen-bond acceptors (Lipinski definition) is 3. The molecule has 0 aliphatic rings. The lowest BCUT2D eigenvalue weighted by atomic mass is 10.2. The molecule has 0 saturated carbocycles. The number of carbonyl (C=O) groups is 1. The van der Waals surface area contributed by atoms with Gasteiger partial charge in [0, 0.05) is 6.07 Å². The molecule has 122 valence electrons. The maximum atomic E-state index is 13.3. The van der Waals surface area contributed by atoms with Gasteiger partial charge in [0.1, 0.15) is 17.3 Å². The zero-order chi connectivity index (χ0) is 16.8. The molecule has 0 aliphatic carbocycles. The lowest BCUT2D eigenvalue weighted by Crippen LogP contribution is -2.30. The predicted molar refractivity (Wildman–Crippen MR) is 87.5 cm³/mol. The van der Waals surface area contributed by atoms with Crippen molar-refractivity contribution in [1.82, 2.24) is 0 Å². The van der Waals surface area contributed by atoms with Gasteiger partial charge in [0.05, 0.1) is 12.3 Å². The van der Waals surface area contributed by atoms with Gasteiger partial charge >= 0.3 is 0 Å². The van der Waals surface area contributed by atoms with Crippen LogP contribution >= 0.6 is 0 Å². The molecule has 2 aromatic carbocycles. The van der Waals surface area contributed by atoms with Crippen LogP contribution in [0.3, 0.4) is 0 Å². The van der Waals surface area contributed by atoms with Crippen LogP contribution in [0.2, 0.25) is 0 Å². The van der Waals surface area contributed by atoms with Crippen LogP contribution in [0.15, 0.2) is 42.5 Å². The van der Waals surface area contributed by atoms with E-state index in [-0.39, 0.29) is 5.91 Å². The van der Waals surface area contributed by atoms with Crippen molar-refractivity contribution in [3.05, 3.63) is 53.8 Å². The maximum Gasteiger partial charge on any atom is 0.265 e. The molecule has 0 spiro atoms. The molecule has 0 bridgehead atoms. The van der Waals surface area contributed by atoms with E-state index >= 15 is 0 Å². The molecule has 5 heteroatoms. The third kappa shape index (κ3) is 4.71. The summed E-state index contributed by atoms with van der Waals surface area (Å²) in [4.78, 5) is 12.2. The Balaban J connectivity index is 2.04. The van der Waals surface area contributed by atoms with Gasteiger partial charge in [-0.1, -0.05) is 17.7 Å². The SMILES string of the molecule is CCOc1cc(F)ccc1NC(=O)C(C)Oc1ccc(C)cc1. The molecule has 0 radical (unpaired) electrons. The quantitative estimate of drug-likeness (QED) is 0.878. The zero-order valence-electron chi connectivity index (χ0n) is 13.4. The van der Waals surface area contributed by atoms with Gasteiger partial charge in [-0.05, 0) is 45.0 Å². The molecule has 1 atom stereocenters. The van der Waals surface area contributed by atoms with Crippen LogP contribution in [-0.4, -0.2) is 18.6 Å². The van der Waals surface area contributed by atoms with Crippen molar-refractivity contribution in [2.45, 2.75) is 26.9 Å². The summed E-state index contributed by atoms with van der Waals surface area (Å²) in [6, 6.07) is 11.4. The summed E-state index contributed by atoms with van der Waals surface area (Å²) >= 11 is 0. The number of hydrogen-bond donors (Lipinski definition) is 1. The van der Waals surface area contributed by atoms with E-state index < -0.39 is 11.9 Å². The van der Waals surface area contributed by atoms with Crippen LogP contribution in [0, 0.1) is 12.7 Å². The normalized spacial score (nSPS) is 11.7. The first kappa shape index (κ1) is 16.8. The van der Waals surface area contributed by atoms with Crippen molar-refractivity contribution in [3.63, 3.8) is 0 Å². The van der Waals surface area contributed by atoms with Gasteiger partial charge in [0.2, 0.25) is 0 Å². The molecule has 2 rings (SSSR count). The first-order valence-corrected chi connectivity index (χ1v) is 7.46. The number of anilines is 1. The fourth-order valence-electron chi connectivity index (χ4n) is 1.98. The van der Waals surface area contributed by atoms with E-state index in [1.165, 1.54) is 18.2 Å². The Morgan fingerprint density at radius 2 is 1.91 bits per heavy atom. The standard InChI is InChI=1S/C18H20FNO3/c1-4-22-17-11-14(19)7-10-16(17)20-18(21)13(3)23-15-8-5-12(2)6-9-15/h5-11,13H,4H2,1-3H3,(H,20,21). The molecule has 0 aromatic heterocycles. The third-order valence-corrected chi connectivity index (χ3v) is 3.20. The number of nitrogens with one attached hydrogen (secondary N) is 1. The van der Waals surface area contributed by atoms with Crippen molar-refractivity contribution in [1.29, 1.82) is 0 Å². The summed E-state index contributed by atoms with van der Waals surface area (Å²) in [5.74, 6) is 0.152. The number of carbonyl (C=O) groups excluding carboxylic acids is 1. The van der Waals surface area contributed by atoms with Crippen molar-refractivity contribution >= 4 is 11.6 Å². The summed E-state index contributed by atoms with van der Waals surface area (Å²) in [6.45, 7) is 5.80. The number of amides is 1. The molecule has 23 heavy (non-hydrogen) atoms. The van der Waals surface area contributed by atoms with E-state index in [1.807, 2.05) is 31.2 Å². The van der Waals surface area contributed by atoms with E-state index in [4.69, 9.17) is 9.47 Å². The highest BCUT2D eigenvalue weighted by atomic mass is 19.1. The van der Waals surface area contributed by atoms with Crippen molar-refractivity contribution in [3.8, 4) is 11.5 Å². The molecule has 1 unspecified atom stereocenters.